The molecule has 0 bridgehead atoms. The molecule has 1 unspecified atom stereocenters. The van der Waals surface area contributed by atoms with E-state index in [4.69, 9.17) is 4.74 Å². The first kappa shape index (κ1) is 22.4. The lowest BCUT2D eigenvalue weighted by Crippen LogP contribution is -2.25. The van der Waals surface area contributed by atoms with E-state index >= 15 is 0 Å². The molecule has 0 saturated heterocycles. The second-order valence-corrected chi connectivity index (χ2v) is 7.78. The van der Waals surface area contributed by atoms with Crippen LogP contribution in [0.15, 0.2) is 42.5 Å². The molecule has 2 nitrogen and oxygen atoms in total. The summed E-state index contributed by atoms with van der Waals surface area (Å²) < 4.78 is 72.1. The maximum Gasteiger partial charge on any atom is 0.416 e. The van der Waals surface area contributed by atoms with E-state index in [0.717, 1.165) is 17.7 Å². The fourth-order valence-corrected chi connectivity index (χ4v) is 4.24. The van der Waals surface area contributed by atoms with E-state index in [-0.39, 0.29) is 28.7 Å². The molecule has 162 valence electrons. The topological polar surface area (TPSA) is 26.3 Å². The lowest BCUT2D eigenvalue weighted by atomic mass is 9.85. The number of carbonyl (C=O) groups excluding carboxylic acids is 1. The van der Waals surface area contributed by atoms with Crippen LogP contribution in [-0.2, 0) is 22.4 Å². The van der Waals surface area contributed by atoms with Crippen molar-refractivity contribution in [2.45, 2.75) is 57.7 Å². The van der Waals surface area contributed by atoms with Crippen LogP contribution in [-0.4, -0.2) is 11.9 Å². The normalized spacial score (nSPS) is 22.8. The second kappa shape index (κ2) is 8.84. The average molecular weight is 426 g/mol. The van der Waals surface area contributed by atoms with Crippen molar-refractivity contribution < 1.29 is 31.5 Å². The fraction of sp³-hybridized carbons (Fsp3) is 0.435. The van der Waals surface area contributed by atoms with Gasteiger partial charge in [0, 0.05) is 11.8 Å². The van der Waals surface area contributed by atoms with Crippen molar-refractivity contribution in [1.29, 1.82) is 0 Å². The minimum Gasteiger partial charge on any atom is -0.370 e. The van der Waals surface area contributed by atoms with E-state index in [9.17, 15) is 26.7 Å². The molecule has 2 aromatic carbocycles. The first-order valence-electron chi connectivity index (χ1n) is 9.78. The molecular formula is C23H23F5O2. The Kier molecular flexibility index (Phi) is 6.60. The molecule has 7 heteroatoms. The van der Waals surface area contributed by atoms with Gasteiger partial charge in [-0.1, -0.05) is 18.2 Å². The fourth-order valence-electron chi connectivity index (χ4n) is 4.24. The highest BCUT2D eigenvalue weighted by Crippen LogP contribution is 2.44. The van der Waals surface area contributed by atoms with Crippen LogP contribution in [0.4, 0.5) is 22.0 Å². The van der Waals surface area contributed by atoms with Crippen molar-refractivity contribution in [3.8, 4) is 0 Å². The predicted molar refractivity (Wildman–Crippen MR) is 102 cm³/mol. The van der Waals surface area contributed by atoms with E-state index in [1.165, 1.54) is 25.1 Å². The summed E-state index contributed by atoms with van der Waals surface area (Å²) in [5, 5.41) is 0. The first-order chi connectivity index (χ1) is 14.1. The van der Waals surface area contributed by atoms with Crippen molar-refractivity contribution in [2.24, 2.45) is 5.92 Å². The Bertz CT molecular complexity index is 891. The van der Waals surface area contributed by atoms with E-state index in [1.807, 2.05) is 0 Å². The van der Waals surface area contributed by atoms with Gasteiger partial charge in [0.2, 0.25) is 0 Å². The number of Topliss-reactive ketones (excluding diaryl/α,β-unsaturated/α-hetero) is 1. The number of hydrogen-bond donors (Lipinski definition) is 0. The van der Waals surface area contributed by atoms with Crippen LogP contribution in [0.2, 0.25) is 0 Å². The SMILES string of the molecule is CC(=O)[C@@H]1CC[C@H](O[C@H](C)c2cc(CF)cc(C(F)(F)F)c2)C1c1ccc(F)cc1. The number of carbonyl (C=O) groups is 1. The zero-order chi connectivity index (χ0) is 22.1. The summed E-state index contributed by atoms with van der Waals surface area (Å²) in [6.07, 6.45) is -4.64. The van der Waals surface area contributed by atoms with Crippen LogP contribution in [0.3, 0.4) is 0 Å². The molecule has 3 rings (SSSR count). The zero-order valence-electron chi connectivity index (χ0n) is 16.7. The average Bonchev–Trinajstić information content (AvgIpc) is 3.11. The highest BCUT2D eigenvalue weighted by molar-refractivity contribution is 5.80. The van der Waals surface area contributed by atoms with Gasteiger partial charge < -0.3 is 4.74 Å². The Morgan fingerprint density at radius 3 is 2.37 bits per heavy atom. The third kappa shape index (κ3) is 4.89. The largest absolute Gasteiger partial charge is 0.416 e. The number of ketones is 1. The number of ether oxygens (including phenoxy) is 1. The van der Waals surface area contributed by atoms with Crippen LogP contribution in [0.5, 0.6) is 0 Å². The van der Waals surface area contributed by atoms with Crippen LogP contribution >= 0.6 is 0 Å². The van der Waals surface area contributed by atoms with Crippen molar-refractivity contribution in [1.82, 2.24) is 0 Å². The molecule has 1 fully saturated rings. The van der Waals surface area contributed by atoms with Gasteiger partial charge in [0.05, 0.1) is 17.8 Å². The first-order valence-corrected chi connectivity index (χ1v) is 9.78. The summed E-state index contributed by atoms with van der Waals surface area (Å²) in [5.74, 6) is -1.04. The third-order valence-corrected chi connectivity index (χ3v) is 5.72. The summed E-state index contributed by atoms with van der Waals surface area (Å²) in [6.45, 7) is 2.09. The smallest absolute Gasteiger partial charge is 0.370 e. The van der Waals surface area contributed by atoms with Gasteiger partial charge in [-0.3, -0.25) is 4.79 Å². The predicted octanol–water partition coefficient (Wildman–Crippen LogP) is 6.54. The molecule has 0 aliphatic heterocycles. The Morgan fingerprint density at radius 1 is 1.13 bits per heavy atom. The molecule has 0 amide bonds. The minimum absolute atomic E-state index is 0.0122. The monoisotopic (exact) mass is 426 g/mol. The van der Waals surface area contributed by atoms with E-state index in [1.54, 1.807) is 19.1 Å². The molecule has 4 atom stereocenters. The van der Waals surface area contributed by atoms with Crippen LogP contribution < -0.4 is 0 Å². The number of alkyl halides is 4. The number of benzene rings is 2. The van der Waals surface area contributed by atoms with Gasteiger partial charge >= 0.3 is 6.18 Å². The molecule has 1 saturated carbocycles. The summed E-state index contributed by atoms with van der Waals surface area (Å²) in [7, 11) is 0. The molecular weight excluding hydrogens is 403 g/mol. The molecule has 30 heavy (non-hydrogen) atoms. The van der Waals surface area contributed by atoms with Gasteiger partial charge in [-0.2, -0.15) is 13.2 Å². The van der Waals surface area contributed by atoms with Crippen molar-refractivity contribution in [3.05, 3.63) is 70.5 Å². The molecule has 0 N–H and O–H groups in total. The van der Waals surface area contributed by atoms with Gasteiger partial charge in [-0.25, -0.2) is 8.78 Å². The highest BCUT2D eigenvalue weighted by atomic mass is 19.4. The Labute approximate surface area is 172 Å². The number of hydrogen-bond acceptors (Lipinski definition) is 2. The molecule has 0 heterocycles. The maximum absolute atomic E-state index is 13.3. The Morgan fingerprint density at radius 2 is 1.80 bits per heavy atom. The minimum atomic E-state index is -4.59. The van der Waals surface area contributed by atoms with Crippen molar-refractivity contribution in [3.63, 3.8) is 0 Å². The van der Waals surface area contributed by atoms with Crippen LogP contribution in [0.25, 0.3) is 0 Å². The zero-order valence-corrected chi connectivity index (χ0v) is 16.7. The van der Waals surface area contributed by atoms with Gasteiger partial charge in [-0.05, 0) is 67.6 Å². The lowest BCUT2D eigenvalue weighted by Gasteiger charge is -2.28. The third-order valence-electron chi connectivity index (χ3n) is 5.72. The quantitative estimate of drug-likeness (QED) is 0.490. The highest BCUT2D eigenvalue weighted by Gasteiger charge is 2.41. The van der Waals surface area contributed by atoms with E-state index < -0.39 is 36.4 Å². The summed E-state index contributed by atoms with van der Waals surface area (Å²) >= 11 is 0. The molecule has 0 radical (unpaired) electrons. The Hall–Kier alpha value is -2.28. The van der Waals surface area contributed by atoms with Gasteiger partial charge in [-0.15, -0.1) is 0 Å². The second-order valence-electron chi connectivity index (χ2n) is 7.78. The molecule has 0 spiro atoms. The van der Waals surface area contributed by atoms with E-state index in [2.05, 4.69) is 0 Å². The standard InChI is InChI=1S/C23H23F5O2/c1-13(29)20-7-8-21(22(20)16-3-5-19(25)6-4-16)30-14(2)17-9-15(12-24)10-18(11-17)23(26,27)28/h3-6,9-11,14,20-22H,7-8,12H2,1-2H3/t14-,20+,21+,22?/m1/s1. The maximum atomic E-state index is 13.3. The lowest BCUT2D eigenvalue weighted by molar-refractivity contribution is -0.137. The molecule has 1 aliphatic carbocycles. The van der Waals surface area contributed by atoms with Gasteiger partial charge in [0.1, 0.15) is 18.3 Å². The van der Waals surface area contributed by atoms with Crippen molar-refractivity contribution >= 4 is 5.78 Å². The van der Waals surface area contributed by atoms with Gasteiger partial charge in [0.25, 0.3) is 0 Å². The van der Waals surface area contributed by atoms with Gasteiger partial charge in [0.15, 0.2) is 0 Å². The molecule has 2 aromatic rings. The molecule has 1 aliphatic rings. The summed E-state index contributed by atoms with van der Waals surface area (Å²) in [4.78, 5) is 12.1. The van der Waals surface area contributed by atoms with Crippen LogP contribution in [0.1, 0.15) is 61.0 Å². The van der Waals surface area contributed by atoms with Crippen molar-refractivity contribution in [2.75, 3.05) is 0 Å². The Balaban J connectivity index is 1.88. The number of rotatable bonds is 6. The van der Waals surface area contributed by atoms with Crippen LogP contribution in [0, 0.1) is 11.7 Å². The van der Waals surface area contributed by atoms with E-state index in [0.29, 0.717) is 12.8 Å². The summed E-state index contributed by atoms with van der Waals surface area (Å²) in [6, 6.07) is 8.95. The molecule has 0 aromatic heterocycles. The summed E-state index contributed by atoms with van der Waals surface area (Å²) in [5.41, 5.74) is -0.0222. The number of halogens is 5.